The zero-order chi connectivity index (χ0) is 17.5. The number of thiophene rings is 1. The van der Waals surface area contributed by atoms with Crippen molar-refractivity contribution in [2.75, 3.05) is 33.2 Å². The van der Waals surface area contributed by atoms with Crippen LogP contribution in [-0.2, 0) is 11.3 Å². The van der Waals surface area contributed by atoms with Crippen LogP contribution < -0.4 is 5.32 Å². The smallest absolute Gasteiger partial charge is 0.234 e. The molecule has 25 heavy (non-hydrogen) atoms. The van der Waals surface area contributed by atoms with Crippen molar-refractivity contribution in [3.05, 3.63) is 58.3 Å². The first-order valence-electron chi connectivity index (χ1n) is 8.99. The molecule has 0 bridgehead atoms. The Morgan fingerprint density at radius 1 is 1.20 bits per heavy atom. The van der Waals surface area contributed by atoms with Gasteiger partial charge in [0.05, 0.1) is 12.6 Å². The van der Waals surface area contributed by atoms with Crippen LogP contribution in [0.15, 0.2) is 47.8 Å². The second-order valence-electron chi connectivity index (χ2n) is 6.74. The first-order valence-corrected chi connectivity index (χ1v) is 9.87. The summed E-state index contributed by atoms with van der Waals surface area (Å²) in [4.78, 5) is 18.3. The lowest BCUT2D eigenvalue weighted by molar-refractivity contribution is -0.122. The van der Waals surface area contributed by atoms with Gasteiger partial charge in [0.1, 0.15) is 0 Å². The number of nitrogens with one attached hydrogen (secondary N) is 1. The summed E-state index contributed by atoms with van der Waals surface area (Å²) in [6, 6.07) is 14.9. The molecular weight excluding hydrogens is 330 g/mol. The van der Waals surface area contributed by atoms with Crippen molar-refractivity contribution in [1.29, 1.82) is 0 Å². The number of hydrogen-bond donors (Lipinski definition) is 1. The Balaban J connectivity index is 1.49. The zero-order valence-corrected chi connectivity index (χ0v) is 15.7. The lowest BCUT2D eigenvalue weighted by Crippen LogP contribution is -2.40. The first kappa shape index (κ1) is 18.1. The van der Waals surface area contributed by atoms with E-state index < -0.39 is 0 Å². The van der Waals surface area contributed by atoms with Crippen molar-refractivity contribution in [3.63, 3.8) is 0 Å². The summed E-state index contributed by atoms with van der Waals surface area (Å²) in [6.07, 6.45) is 2.52. The monoisotopic (exact) mass is 357 g/mol. The zero-order valence-electron chi connectivity index (χ0n) is 14.9. The Morgan fingerprint density at radius 2 is 1.96 bits per heavy atom. The summed E-state index contributed by atoms with van der Waals surface area (Å²) in [5.74, 6) is 0.0965. The van der Waals surface area contributed by atoms with E-state index in [4.69, 9.17) is 0 Å². The van der Waals surface area contributed by atoms with Crippen LogP contribution in [0, 0.1) is 0 Å². The quantitative estimate of drug-likeness (QED) is 0.788. The second-order valence-corrected chi connectivity index (χ2v) is 7.72. The molecule has 1 aliphatic rings. The number of rotatable bonds is 8. The van der Waals surface area contributed by atoms with Crippen molar-refractivity contribution in [3.8, 4) is 0 Å². The topological polar surface area (TPSA) is 35.6 Å². The minimum absolute atomic E-state index is 0.0965. The van der Waals surface area contributed by atoms with Gasteiger partial charge in [0.25, 0.3) is 0 Å². The molecular formula is C20H27N3OS. The van der Waals surface area contributed by atoms with E-state index in [0.29, 0.717) is 19.1 Å². The number of likely N-dealkylation sites (N-methyl/N-ethyl adjacent to an activating group) is 1. The normalized spacial score (nSPS) is 16.2. The van der Waals surface area contributed by atoms with Gasteiger partial charge in [-0.2, -0.15) is 0 Å². The van der Waals surface area contributed by atoms with E-state index in [2.05, 4.69) is 44.8 Å². The molecule has 1 aliphatic heterocycles. The Bertz CT molecular complexity index is 638. The average molecular weight is 358 g/mol. The van der Waals surface area contributed by atoms with Crippen LogP contribution in [-0.4, -0.2) is 48.9 Å². The summed E-state index contributed by atoms with van der Waals surface area (Å²) >= 11 is 1.78. The fourth-order valence-electron chi connectivity index (χ4n) is 3.41. The van der Waals surface area contributed by atoms with Gasteiger partial charge in [-0.25, -0.2) is 0 Å². The molecule has 1 amide bonds. The van der Waals surface area contributed by atoms with Gasteiger partial charge in [-0.05, 0) is 50.0 Å². The number of nitrogens with zero attached hydrogens (tertiary/aromatic N) is 2. The third-order valence-corrected chi connectivity index (χ3v) is 5.63. The SMILES string of the molecule is CN(CC(=O)NCC(c1cccs1)N1CCCC1)Cc1ccccc1. The number of hydrogen-bond acceptors (Lipinski definition) is 4. The number of benzene rings is 1. The van der Waals surface area contributed by atoms with E-state index in [1.807, 2.05) is 25.2 Å². The molecule has 2 heterocycles. The lowest BCUT2D eigenvalue weighted by atomic mass is 10.2. The Morgan fingerprint density at radius 3 is 2.64 bits per heavy atom. The predicted molar refractivity (Wildman–Crippen MR) is 104 cm³/mol. The molecule has 1 atom stereocenters. The molecule has 0 saturated carbocycles. The molecule has 4 nitrogen and oxygen atoms in total. The largest absolute Gasteiger partial charge is 0.353 e. The predicted octanol–water partition coefficient (Wildman–Crippen LogP) is 3.13. The Hall–Kier alpha value is -1.69. The summed E-state index contributed by atoms with van der Waals surface area (Å²) < 4.78 is 0. The summed E-state index contributed by atoms with van der Waals surface area (Å²) in [5.41, 5.74) is 1.23. The molecule has 1 aromatic carbocycles. The molecule has 1 N–H and O–H groups in total. The van der Waals surface area contributed by atoms with Gasteiger partial charge in [-0.15, -0.1) is 11.3 Å². The van der Waals surface area contributed by atoms with Gasteiger partial charge in [-0.1, -0.05) is 36.4 Å². The van der Waals surface area contributed by atoms with Crippen LogP contribution in [0.2, 0.25) is 0 Å². The highest BCUT2D eigenvalue weighted by Crippen LogP contribution is 2.27. The van der Waals surface area contributed by atoms with Crippen LogP contribution in [0.25, 0.3) is 0 Å². The van der Waals surface area contributed by atoms with Crippen molar-refractivity contribution < 1.29 is 4.79 Å². The molecule has 1 unspecified atom stereocenters. The molecule has 0 radical (unpaired) electrons. The van der Waals surface area contributed by atoms with Crippen molar-refractivity contribution in [2.45, 2.75) is 25.4 Å². The van der Waals surface area contributed by atoms with Gasteiger partial charge in [0, 0.05) is 18.0 Å². The van der Waals surface area contributed by atoms with E-state index in [9.17, 15) is 4.79 Å². The van der Waals surface area contributed by atoms with Crippen LogP contribution in [0.5, 0.6) is 0 Å². The molecule has 2 aromatic rings. The number of carbonyl (C=O) groups is 1. The fraction of sp³-hybridized carbons (Fsp3) is 0.450. The van der Waals surface area contributed by atoms with Crippen molar-refractivity contribution in [1.82, 2.24) is 15.1 Å². The number of carbonyl (C=O) groups excluding carboxylic acids is 1. The Kier molecular flexibility index (Phi) is 6.62. The number of likely N-dealkylation sites (tertiary alicyclic amines) is 1. The van der Waals surface area contributed by atoms with E-state index in [-0.39, 0.29) is 5.91 Å². The van der Waals surface area contributed by atoms with Crippen LogP contribution >= 0.6 is 11.3 Å². The minimum Gasteiger partial charge on any atom is -0.353 e. The van der Waals surface area contributed by atoms with E-state index in [1.54, 1.807) is 11.3 Å². The summed E-state index contributed by atoms with van der Waals surface area (Å²) in [6.45, 7) is 4.16. The standard InChI is InChI=1S/C20H27N3OS/c1-22(15-17-8-3-2-4-9-17)16-20(24)21-14-18(19-10-7-13-25-19)23-11-5-6-12-23/h2-4,7-10,13,18H,5-6,11-12,14-16H2,1H3,(H,21,24). The summed E-state index contributed by atoms with van der Waals surface area (Å²) in [5, 5.41) is 5.27. The third kappa shape index (κ3) is 5.39. The first-order chi connectivity index (χ1) is 12.2. The van der Waals surface area contributed by atoms with Gasteiger partial charge >= 0.3 is 0 Å². The third-order valence-electron chi connectivity index (χ3n) is 4.65. The maximum Gasteiger partial charge on any atom is 0.234 e. The fourth-order valence-corrected chi connectivity index (χ4v) is 4.27. The minimum atomic E-state index is 0.0965. The van der Waals surface area contributed by atoms with E-state index in [0.717, 1.165) is 19.6 Å². The van der Waals surface area contributed by atoms with Gasteiger partial charge in [-0.3, -0.25) is 14.6 Å². The summed E-state index contributed by atoms with van der Waals surface area (Å²) in [7, 11) is 1.99. The van der Waals surface area contributed by atoms with E-state index >= 15 is 0 Å². The van der Waals surface area contributed by atoms with E-state index in [1.165, 1.54) is 23.3 Å². The molecule has 0 aliphatic carbocycles. The molecule has 5 heteroatoms. The Labute approximate surface area is 154 Å². The van der Waals surface area contributed by atoms with Gasteiger partial charge in [0.2, 0.25) is 5.91 Å². The molecule has 0 spiro atoms. The lowest BCUT2D eigenvalue weighted by Gasteiger charge is -2.27. The van der Waals surface area contributed by atoms with Crippen LogP contribution in [0.3, 0.4) is 0 Å². The van der Waals surface area contributed by atoms with Gasteiger partial charge < -0.3 is 5.32 Å². The molecule has 1 fully saturated rings. The maximum atomic E-state index is 12.4. The molecule has 3 rings (SSSR count). The molecule has 1 saturated heterocycles. The highest BCUT2D eigenvalue weighted by Gasteiger charge is 2.24. The van der Waals surface area contributed by atoms with Crippen LogP contribution in [0.1, 0.15) is 29.3 Å². The van der Waals surface area contributed by atoms with Crippen molar-refractivity contribution >= 4 is 17.2 Å². The highest BCUT2D eigenvalue weighted by atomic mass is 32.1. The molecule has 1 aromatic heterocycles. The van der Waals surface area contributed by atoms with Crippen molar-refractivity contribution in [2.24, 2.45) is 0 Å². The number of amides is 1. The molecule has 134 valence electrons. The maximum absolute atomic E-state index is 12.4. The highest BCUT2D eigenvalue weighted by molar-refractivity contribution is 7.10. The second kappa shape index (κ2) is 9.13. The van der Waals surface area contributed by atoms with Crippen LogP contribution in [0.4, 0.5) is 0 Å². The van der Waals surface area contributed by atoms with Gasteiger partial charge in [0.15, 0.2) is 0 Å². The average Bonchev–Trinajstić information content (AvgIpc) is 3.30.